The number of hydrogen-bond acceptors (Lipinski definition) is 2. The molecule has 3 nitrogen and oxygen atoms in total. The number of rotatable bonds is 4. The fraction of sp³-hybridized carbons (Fsp3) is 0.588. The summed E-state index contributed by atoms with van der Waals surface area (Å²) in [5.74, 6) is 1.53. The molecule has 3 atom stereocenters. The topological polar surface area (TPSA) is 55.1 Å². The van der Waals surface area contributed by atoms with Crippen molar-refractivity contribution in [1.29, 1.82) is 0 Å². The summed E-state index contributed by atoms with van der Waals surface area (Å²) in [7, 11) is 0. The van der Waals surface area contributed by atoms with Gasteiger partial charge < -0.3 is 11.1 Å². The molecule has 0 saturated heterocycles. The van der Waals surface area contributed by atoms with Crippen LogP contribution in [0.1, 0.15) is 45.1 Å². The number of nitrogen functional groups attached to an aromatic ring is 1. The van der Waals surface area contributed by atoms with Crippen LogP contribution in [0.25, 0.3) is 0 Å². The van der Waals surface area contributed by atoms with Gasteiger partial charge in [-0.15, -0.1) is 0 Å². The van der Waals surface area contributed by atoms with Gasteiger partial charge in [-0.1, -0.05) is 32.0 Å². The fourth-order valence-corrected chi connectivity index (χ4v) is 3.17. The highest BCUT2D eigenvalue weighted by atomic mass is 16.1. The molecule has 1 fully saturated rings. The Bertz CT molecular complexity index is 458. The number of aryl methyl sites for hydroxylation is 1. The van der Waals surface area contributed by atoms with E-state index in [9.17, 15) is 4.79 Å². The standard InChI is InChI=1S/C17H26N2O/c1-12-7-9-16(13(2)11-12)19-17(20)10-8-14-5-3-4-6-15(14)18/h3-6,12-13,16H,7-11,18H2,1-2H3,(H,19,20). The van der Waals surface area contributed by atoms with Crippen LogP contribution in [-0.4, -0.2) is 11.9 Å². The quantitative estimate of drug-likeness (QED) is 0.829. The molecule has 2 rings (SSSR count). The summed E-state index contributed by atoms with van der Waals surface area (Å²) < 4.78 is 0. The second-order valence-electron chi connectivity index (χ2n) is 6.27. The van der Waals surface area contributed by atoms with Crippen molar-refractivity contribution in [2.45, 2.75) is 52.0 Å². The van der Waals surface area contributed by atoms with Crippen molar-refractivity contribution < 1.29 is 4.79 Å². The zero-order valence-corrected chi connectivity index (χ0v) is 12.6. The highest BCUT2D eigenvalue weighted by Gasteiger charge is 2.26. The van der Waals surface area contributed by atoms with Gasteiger partial charge in [-0.25, -0.2) is 0 Å². The molecule has 20 heavy (non-hydrogen) atoms. The minimum absolute atomic E-state index is 0.152. The van der Waals surface area contributed by atoms with Crippen LogP contribution in [0.15, 0.2) is 24.3 Å². The molecule has 0 aromatic heterocycles. The Balaban J connectivity index is 1.80. The highest BCUT2D eigenvalue weighted by Crippen LogP contribution is 2.28. The molecular weight excluding hydrogens is 248 g/mol. The van der Waals surface area contributed by atoms with Crippen LogP contribution in [0.4, 0.5) is 5.69 Å². The van der Waals surface area contributed by atoms with Gasteiger partial charge in [0.2, 0.25) is 5.91 Å². The van der Waals surface area contributed by atoms with E-state index >= 15 is 0 Å². The molecule has 1 aromatic carbocycles. The van der Waals surface area contributed by atoms with Crippen molar-refractivity contribution in [3.05, 3.63) is 29.8 Å². The van der Waals surface area contributed by atoms with E-state index in [1.165, 1.54) is 12.8 Å². The molecule has 3 unspecified atom stereocenters. The highest BCUT2D eigenvalue weighted by molar-refractivity contribution is 5.76. The first-order chi connectivity index (χ1) is 9.56. The monoisotopic (exact) mass is 274 g/mol. The number of nitrogens with two attached hydrogens (primary N) is 1. The second-order valence-corrected chi connectivity index (χ2v) is 6.27. The summed E-state index contributed by atoms with van der Waals surface area (Å²) in [6, 6.07) is 8.12. The number of nitrogens with one attached hydrogen (secondary N) is 1. The van der Waals surface area contributed by atoms with Crippen LogP contribution in [0.5, 0.6) is 0 Å². The van der Waals surface area contributed by atoms with Gasteiger partial charge in [0, 0.05) is 18.2 Å². The molecule has 1 aromatic rings. The third-order valence-corrected chi connectivity index (χ3v) is 4.45. The zero-order chi connectivity index (χ0) is 14.5. The molecule has 3 N–H and O–H groups in total. The molecule has 0 spiro atoms. The van der Waals surface area contributed by atoms with Gasteiger partial charge in [0.05, 0.1) is 0 Å². The number of benzene rings is 1. The average Bonchev–Trinajstić information content (AvgIpc) is 2.41. The Hall–Kier alpha value is -1.51. The van der Waals surface area contributed by atoms with Gasteiger partial charge in [0.25, 0.3) is 0 Å². The predicted molar refractivity (Wildman–Crippen MR) is 83.3 cm³/mol. The predicted octanol–water partition coefficient (Wildman–Crippen LogP) is 3.14. The molecule has 0 bridgehead atoms. The van der Waals surface area contributed by atoms with Gasteiger partial charge >= 0.3 is 0 Å². The molecular formula is C17H26N2O. The van der Waals surface area contributed by atoms with Gasteiger partial charge in [-0.05, 0) is 49.1 Å². The van der Waals surface area contributed by atoms with E-state index in [0.29, 0.717) is 18.4 Å². The maximum Gasteiger partial charge on any atom is 0.220 e. The summed E-state index contributed by atoms with van der Waals surface area (Å²) in [5, 5.41) is 3.20. The van der Waals surface area contributed by atoms with Crippen molar-refractivity contribution in [2.75, 3.05) is 5.73 Å². The van der Waals surface area contributed by atoms with Gasteiger partial charge in [0.1, 0.15) is 0 Å². The Labute approximate surface area is 121 Å². The van der Waals surface area contributed by atoms with Crippen molar-refractivity contribution >= 4 is 11.6 Å². The molecule has 1 aliphatic carbocycles. The summed E-state index contributed by atoms with van der Waals surface area (Å²) >= 11 is 0. The SMILES string of the molecule is CC1CCC(NC(=O)CCc2ccccc2N)C(C)C1. The Morgan fingerprint density at radius 3 is 2.75 bits per heavy atom. The molecule has 1 saturated carbocycles. The first kappa shape index (κ1) is 14.9. The lowest BCUT2D eigenvalue weighted by atomic mass is 9.80. The van der Waals surface area contributed by atoms with Crippen molar-refractivity contribution in [2.24, 2.45) is 11.8 Å². The number of carbonyl (C=O) groups excluding carboxylic acids is 1. The number of hydrogen-bond donors (Lipinski definition) is 2. The molecule has 0 radical (unpaired) electrons. The molecule has 0 aliphatic heterocycles. The van der Waals surface area contributed by atoms with Crippen LogP contribution in [0.2, 0.25) is 0 Å². The van der Waals surface area contributed by atoms with E-state index in [-0.39, 0.29) is 5.91 Å². The van der Waals surface area contributed by atoms with E-state index in [1.54, 1.807) is 0 Å². The van der Waals surface area contributed by atoms with Crippen LogP contribution in [0.3, 0.4) is 0 Å². The van der Waals surface area contributed by atoms with Gasteiger partial charge in [-0.2, -0.15) is 0 Å². The summed E-state index contributed by atoms with van der Waals surface area (Å²) in [4.78, 5) is 12.1. The van der Waals surface area contributed by atoms with Crippen LogP contribution in [-0.2, 0) is 11.2 Å². The Morgan fingerprint density at radius 1 is 1.30 bits per heavy atom. The lowest BCUT2D eigenvalue weighted by molar-refractivity contribution is -0.122. The second kappa shape index (κ2) is 6.78. The van der Waals surface area contributed by atoms with E-state index in [0.717, 1.165) is 30.0 Å². The number of para-hydroxylation sites is 1. The summed E-state index contributed by atoms with van der Waals surface area (Å²) in [6.45, 7) is 4.54. The van der Waals surface area contributed by atoms with Crippen LogP contribution in [0, 0.1) is 11.8 Å². The Morgan fingerprint density at radius 2 is 2.05 bits per heavy atom. The first-order valence-corrected chi connectivity index (χ1v) is 7.69. The largest absolute Gasteiger partial charge is 0.399 e. The van der Waals surface area contributed by atoms with E-state index in [1.807, 2.05) is 24.3 Å². The van der Waals surface area contributed by atoms with E-state index in [2.05, 4.69) is 19.2 Å². The minimum atomic E-state index is 0.152. The first-order valence-electron chi connectivity index (χ1n) is 7.69. The Kier molecular flexibility index (Phi) is 5.05. The van der Waals surface area contributed by atoms with Gasteiger partial charge in [0.15, 0.2) is 0 Å². The lowest BCUT2D eigenvalue weighted by Gasteiger charge is -2.33. The van der Waals surface area contributed by atoms with Crippen LogP contribution >= 0.6 is 0 Å². The molecule has 3 heteroatoms. The third kappa shape index (κ3) is 3.99. The zero-order valence-electron chi connectivity index (χ0n) is 12.6. The maximum atomic E-state index is 12.1. The molecule has 0 heterocycles. The fourth-order valence-electron chi connectivity index (χ4n) is 3.17. The van der Waals surface area contributed by atoms with Gasteiger partial charge in [-0.3, -0.25) is 4.79 Å². The van der Waals surface area contributed by atoms with Crippen LogP contribution < -0.4 is 11.1 Å². The minimum Gasteiger partial charge on any atom is -0.399 e. The van der Waals surface area contributed by atoms with Crippen molar-refractivity contribution in [1.82, 2.24) is 5.32 Å². The molecule has 1 amide bonds. The van der Waals surface area contributed by atoms with E-state index in [4.69, 9.17) is 5.73 Å². The van der Waals surface area contributed by atoms with E-state index < -0.39 is 0 Å². The normalized spacial score (nSPS) is 26.2. The van der Waals surface area contributed by atoms with Crippen molar-refractivity contribution in [3.8, 4) is 0 Å². The maximum absolute atomic E-state index is 12.1. The molecule has 1 aliphatic rings. The number of anilines is 1. The smallest absolute Gasteiger partial charge is 0.220 e. The van der Waals surface area contributed by atoms with Crippen molar-refractivity contribution in [3.63, 3.8) is 0 Å². The summed E-state index contributed by atoms with van der Waals surface area (Å²) in [6.07, 6.45) is 4.79. The molecule has 110 valence electrons. The third-order valence-electron chi connectivity index (χ3n) is 4.45. The lowest BCUT2D eigenvalue weighted by Crippen LogP contribution is -2.42. The number of carbonyl (C=O) groups is 1. The average molecular weight is 274 g/mol. The number of amides is 1. The summed E-state index contributed by atoms with van der Waals surface area (Å²) in [5.41, 5.74) is 7.74.